The number of nitrogens with one attached hydrogen (secondary N) is 2. The van der Waals surface area contributed by atoms with E-state index in [2.05, 4.69) is 10.6 Å². The van der Waals surface area contributed by atoms with Gasteiger partial charge in [0.1, 0.15) is 0 Å². The lowest BCUT2D eigenvalue weighted by molar-refractivity contribution is -0.133. The van der Waals surface area contributed by atoms with Crippen LogP contribution in [0, 0.1) is 5.92 Å². The molecule has 1 aliphatic heterocycles. The Balaban J connectivity index is 1.89. The lowest BCUT2D eigenvalue weighted by atomic mass is 10.1. The van der Waals surface area contributed by atoms with E-state index in [-0.39, 0.29) is 6.54 Å². The number of alkyl halides is 3. The molecule has 1 aliphatic rings. The third kappa shape index (κ3) is 5.44. The molecule has 2 N–H and O–H groups in total. The van der Waals surface area contributed by atoms with E-state index in [1.807, 2.05) is 0 Å². The highest BCUT2D eigenvalue weighted by Crippen LogP contribution is 2.18. The van der Waals surface area contributed by atoms with Crippen LogP contribution in [0.5, 0.6) is 0 Å². The van der Waals surface area contributed by atoms with Crippen molar-refractivity contribution in [3.63, 3.8) is 0 Å². The maximum atomic E-state index is 11.7. The van der Waals surface area contributed by atoms with E-state index < -0.39 is 12.6 Å². The molecule has 1 fully saturated rings. The molecule has 84 valence electrons. The van der Waals surface area contributed by atoms with Crippen LogP contribution in [-0.2, 0) is 0 Å². The fraction of sp³-hybridized carbons (Fsp3) is 1.00. The van der Waals surface area contributed by atoms with Crippen LogP contribution in [-0.4, -0.2) is 32.4 Å². The average Bonchev–Trinajstić information content (AvgIpc) is 2.54. The zero-order valence-electron chi connectivity index (χ0n) is 8.16. The quantitative estimate of drug-likeness (QED) is 0.672. The van der Waals surface area contributed by atoms with Crippen molar-refractivity contribution in [1.29, 1.82) is 0 Å². The van der Waals surface area contributed by atoms with Crippen molar-refractivity contribution in [2.24, 2.45) is 5.92 Å². The van der Waals surface area contributed by atoms with Crippen LogP contribution in [0.15, 0.2) is 0 Å². The first-order valence-electron chi connectivity index (χ1n) is 5.06. The zero-order chi connectivity index (χ0) is 10.4. The van der Waals surface area contributed by atoms with Crippen LogP contribution >= 0.6 is 0 Å². The molecular formula is C9H17F3N2. The van der Waals surface area contributed by atoms with Gasteiger partial charge in [-0.05, 0) is 38.4 Å². The molecule has 0 aromatic heterocycles. The minimum atomic E-state index is -4.03. The number of halogens is 3. The Morgan fingerprint density at radius 3 is 2.64 bits per heavy atom. The van der Waals surface area contributed by atoms with E-state index in [4.69, 9.17) is 0 Å². The molecule has 0 spiro atoms. The van der Waals surface area contributed by atoms with Crippen molar-refractivity contribution in [3.05, 3.63) is 0 Å². The summed E-state index contributed by atoms with van der Waals surface area (Å²) in [6.45, 7) is 2.81. The minimum absolute atomic E-state index is 0.0453. The lowest BCUT2D eigenvalue weighted by Crippen LogP contribution is -2.24. The van der Waals surface area contributed by atoms with Crippen LogP contribution in [0.2, 0.25) is 0 Å². The summed E-state index contributed by atoms with van der Waals surface area (Å²) in [4.78, 5) is 0. The van der Waals surface area contributed by atoms with Gasteiger partial charge in [0.05, 0.1) is 6.42 Å². The zero-order valence-corrected chi connectivity index (χ0v) is 8.16. The second-order valence-corrected chi connectivity index (χ2v) is 3.76. The summed E-state index contributed by atoms with van der Waals surface area (Å²) in [6.07, 6.45) is -2.62. The Morgan fingerprint density at radius 2 is 2.07 bits per heavy atom. The standard InChI is InChI=1S/C9H17F3N2/c10-9(11,12)3-6-13-4-1-8-2-5-14-7-8/h8,13-14H,1-7H2. The maximum absolute atomic E-state index is 11.7. The van der Waals surface area contributed by atoms with Crippen molar-refractivity contribution >= 4 is 0 Å². The van der Waals surface area contributed by atoms with E-state index in [9.17, 15) is 13.2 Å². The summed E-state index contributed by atoms with van der Waals surface area (Å²) in [5, 5.41) is 6.05. The van der Waals surface area contributed by atoms with Crippen LogP contribution in [0.3, 0.4) is 0 Å². The molecule has 1 heterocycles. The fourth-order valence-corrected chi connectivity index (χ4v) is 1.62. The van der Waals surface area contributed by atoms with E-state index in [1.54, 1.807) is 0 Å². The topological polar surface area (TPSA) is 24.1 Å². The van der Waals surface area contributed by atoms with Gasteiger partial charge < -0.3 is 10.6 Å². The van der Waals surface area contributed by atoms with Crippen molar-refractivity contribution in [3.8, 4) is 0 Å². The molecule has 0 aromatic carbocycles. The average molecular weight is 210 g/mol. The van der Waals surface area contributed by atoms with Gasteiger partial charge in [-0.25, -0.2) is 0 Å². The van der Waals surface area contributed by atoms with Crippen molar-refractivity contribution in [2.75, 3.05) is 26.2 Å². The molecule has 0 radical (unpaired) electrons. The van der Waals surface area contributed by atoms with E-state index >= 15 is 0 Å². The Hall–Kier alpha value is -0.290. The predicted octanol–water partition coefficient (Wildman–Crippen LogP) is 1.53. The van der Waals surface area contributed by atoms with E-state index in [0.29, 0.717) is 12.5 Å². The van der Waals surface area contributed by atoms with Gasteiger partial charge >= 0.3 is 6.18 Å². The number of hydrogen-bond acceptors (Lipinski definition) is 2. The lowest BCUT2D eigenvalue weighted by Gasteiger charge is -2.10. The van der Waals surface area contributed by atoms with Gasteiger partial charge in [0.25, 0.3) is 0 Å². The molecule has 1 atom stereocenters. The second kappa shape index (κ2) is 5.56. The first-order valence-corrected chi connectivity index (χ1v) is 5.06. The summed E-state index contributed by atoms with van der Waals surface area (Å²) >= 11 is 0. The predicted molar refractivity (Wildman–Crippen MR) is 49.1 cm³/mol. The van der Waals surface area contributed by atoms with Crippen molar-refractivity contribution < 1.29 is 13.2 Å². The van der Waals surface area contributed by atoms with Crippen LogP contribution in [0.25, 0.3) is 0 Å². The second-order valence-electron chi connectivity index (χ2n) is 3.76. The highest BCUT2D eigenvalue weighted by Gasteiger charge is 2.25. The number of hydrogen-bond donors (Lipinski definition) is 2. The largest absolute Gasteiger partial charge is 0.390 e. The Labute approximate surface area is 82.2 Å². The molecular weight excluding hydrogens is 193 g/mol. The highest BCUT2D eigenvalue weighted by molar-refractivity contribution is 4.71. The molecule has 14 heavy (non-hydrogen) atoms. The molecule has 1 rings (SSSR count). The first kappa shape index (κ1) is 11.8. The Morgan fingerprint density at radius 1 is 1.29 bits per heavy atom. The fourth-order valence-electron chi connectivity index (χ4n) is 1.62. The molecule has 0 saturated carbocycles. The molecule has 5 heteroatoms. The molecule has 0 bridgehead atoms. The Bertz CT molecular complexity index is 153. The molecule has 1 saturated heterocycles. The molecule has 2 nitrogen and oxygen atoms in total. The van der Waals surface area contributed by atoms with Gasteiger partial charge in [0.2, 0.25) is 0 Å². The molecule has 0 aliphatic carbocycles. The summed E-state index contributed by atoms with van der Waals surface area (Å²) in [5.74, 6) is 0.647. The van der Waals surface area contributed by atoms with Gasteiger partial charge in [0.15, 0.2) is 0 Å². The van der Waals surface area contributed by atoms with Gasteiger partial charge in [-0.2, -0.15) is 13.2 Å². The normalized spacial score (nSPS) is 22.9. The van der Waals surface area contributed by atoms with E-state index in [1.165, 1.54) is 0 Å². The molecule has 0 amide bonds. The minimum Gasteiger partial charge on any atom is -0.316 e. The van der Waals surface area contributed by atoms with Crippen molar-refractivity contribution in [1.82, 2.24) is 10.6 Å². The smallest absolute Gasteiger partial charge is 0.316 e. The Kier molecular flexibility index (Phi) is 4.68. The van der Waals surface area contributed by atoms with E-state index in [0.717, 1.165) is 25.9 Å². The van der Waals surface area contributed by atoms with Gasteiger partial charge in [-0.15, -0.1) is 0 Å². The summed E-state index contributed by atoms with van der Waals surface area (Å²) < 4.78 is 35.2. The third-order valence-electron chi connectivity index (χ3n) is 2.48. The summed E-state index contributed by atoms with van der Waals surface area (Å²) in [7, 11) is 0. The highest BCUT2D eigenvalue weighted by atomic mass is 19.4. The molecule has 0 aromatic rings. The van der Waals surface area contributed by atoms with Gasteiger partial charge in [-0.1, -0.05) is 0 Å². The molecule has 1 unspecified atom stereocenters. The maximum Gasteiger partial charge on any atom is 0.390 e. The van der Waals surface area contributed by atoms with Gasteiger partial charge in [-0.3, -0.25) is 0 Å². The first-order chi connectivity index (χ1) is 6.58. The van der Waals surface area contributed by atoms with Gasteiger partial charge in [0, 0.05) is 6.54 Å². The monoisotopic (exact) mass is 210 g/mol. The number of rotatable bonds is 5. The van der Waals surface area contributed by atoms with Crippen molar-refractivity contribution in [2.45, 2.75) is 25.4 Å². The third-order valence-corrected chi connectivity index (χ3v) is 2.48. The summed E-state index contributed by atoms with van der Waals surface area (Å²) in [6, 6.07) is 0. The van der Waals surface area contributed by atoms with Crippen LogP contribution < -0.4 is 10.6 Å². The summed E-state index contributed by atoms with van der Waals surface area (Å²) in [5.41, 5.74) is 0. The van der Waals surface area contributed by atoms with Crippen LogP contribution in [0.1, 0.15) is 19.3 Å². The SMILES string of the molecule is FC(F)(F)CCNCCC1CCNC1. The van der Waals surface area contributed by atoms with Crippen LogP contribution in [0.4, 0.5) is 13.2 Å².